The molecule has 4 radical (unpaired) electrons. The van der Waals surface area contributed by atoms with Gasteiger partial charge < -0.3 is 30.6 Å². The molecular formula is C53H50BBrIr2N8O2-4. The third-order valence-electron chi connectivity index (χ3n) is 10.9. The van der Waals surface area contributed by atoms with Crippen molar-refractivity contribution >= 4 is 75.3 Å². The topological polar surface area (TPSA) is 128 Å². The minimum Gasteiger partial charge on any atom is -0.477 e. The van der Waals surface area contributed by atoms with Gasteiger partial charge in [0.2, 0.25) is 0 Å². The molecule has 8 aromatic rings. The number of anilines is 8. The van der Waals surface area contributed by atoms with Crippen LogP contribution in [-0.2, 0) is 59.5 Å². The number of fused-ring (bicyclic) bond motifs is 2. The number of aryl methyl sites for hydroxylation is 4. The summed E-state index contributed by atoms with van der Waals surface area (Å²) in [6.45, 7) is 12.7. The second-order valence-electron chi connectivity index (χ2n) is 14.8. The molecule has 2 aliphatic rings. The molecule has 10 rings (SSSR count). The average molecular weight is 1310 g/mol. The second kappa shape index (κ2) is 25.5. The zero-order valence-electron chi connectivity index (χ0n) is 37.5. The molecule has 4 heterocycles. The Kier molecular flexibility index (Phi) is 20.6. The molecule has 0 saturated heterocycles. The normalized spacial score (nSPS) is 11.8. The third kappa shape index (κ3) is 12.1. The molecule has 4 N–H and O–H groups in total. The van der Waals surface area contributed by atoms with Crippen LogP contribution >= 0.6 is 15.9 Å². The Morgan fingerprint density at radius 2 is 0.940 bits per heavy atom. The van der Waals surface area contributed by atoms with E-state index in [9.17, 15) is 0 Å². The standard InChI is InChI=1S/C26H22N4.C17H11BrN4.C10H13B.2Ir.2H2O/c1-3-20-10-7-9-19(2)24(20)21-11-8-14-23(17-21)30-18-29(22-12-5-4-6-13-22)25-26(30)28-16-15-27-25;18-13-5-4-8-15(11-13)22-12-21(14-6-2-1-3-7-14)16-17(22)20-10-9-19-16;1-3-8-6-5-7-9(4-2)10(8)11;;;;/h4-13,15-18H,3H2,1-2H3;1-7,9-12H;5-7H,3-4H2,1-2H3;;;2*1H2/q2*-2;;;;;. The maximum atomic E-state index is 5.90. The van der Waals surface area contributed by atoms with Crippen LogP contribution in [0.5, 0.6) is 0 Å². The Bertz CT molecular complexity index is 2790. The van der Waals surface area contributed by atoms with Gasteiger partial charge in [-0.3, -0.25) is 0 Å². The zero-order valence-corrected chi connectivity index (χ0v) is 43.9. The van der Waals surface area contributed by atoms with E-state index in [0.717, 1.165) is 75.2 Å². The van der Waals surface area contributed by atoms with Gasteiger partial charge in [-0.1, -0.05) is 131 Å². The molecule has 0 bridgehead atoms. The fourth-order valence-electron chi connectivity index (χ4n) is 7.72. The van der Waals surface area contributed by atoms with Crippen LogP contribution in [0.1, 0.15) is 43.0 Å². The fourth-order valence-corrected chi connectivity index (χ4v) is 8.07. The molecule has 346 valence electrons. The third-order valence-corrected chi connectivity index (χ3v) is 11.4. The molecule has 6 aromatic carbocycles. The van der Waals surface area contributed by atoms with Gasteiger partial charge >= 0.3 is 0 Å². The van der Waals surface area contributed by atoms with Gasteiger partial charge in [-0.15, -0.1) is 42.4 Å². The SMILES string of the molecule is Brc1cc[c-]c(N2[CH-]N(c3ccccc3)c3nccnc32)c1.CCc1cccc(C)c1-c1cc[c-]c(N2[CH-]N(c3ccccc3)c3nccnc32)c1.O.O.[B]c1c(CC)cccc1CC.[Ir].[Ir]. The Labute approximate surface area is 431 Å². The zero-order chi connectivity index (χ0) is 43.7. The number of rotatable bonds is 8. The summed E-state index contributed by atoms with van der Waals surface area (Å²) in [7, 11) is 5.90. The van der Waals surface area contributed by atoms with E-state index < -0.39 is 0 Å². The first kappa shape index (κ1) is 54.1. The molecule has 2 aliphatic heterocycles. The van der Waals surface area contributed by atoms with Gasteiger partial charge in [-0.05, 0) is 67.1 Å². The van der Waals surface area contributed by atoms with E-state index in [0.29, 0.717) is 0 Å². The Hall–Kier alpha value is -5.56. The molecule has 10 nitrogen and oxygen atoms in total. The summed E-state index contributed by atoms with van der Waals surface area (Å²) in [5.41, 5.74) is 12.6. The van der Waals surface area contributed by atoms with Crippen molar-refractivity contribution in [2.45, 2.75) is 47.0 Å². The summed E-state index contributed by atoms with van der Waals surface area (Å²) in [6, 6.07) is 51.8. The Balaban J connectivity index is 0.000000234. The van der Waals surface area contributed by atoms with E-state index in [1.165, 1.54) is 33.4 Å². The quantitative estimate of drug-likeness (QED) is 0.109. The van der Waals surface area contributed by atoms with E-state index >= 15 is 0 Å². The van der Waals surface area contributed by atoms with Crippen molar-refractivity contribution in [2.75, 3.05) is 19.6 Å². The van der Waals surface area contributed by atoms with Gasteiger partial charge in [-0.2, -0.15) is 36.4 Å². The molecule has 0 fully saturated rings. The van der Waals surface area contributed by atoms with E-state index in [1.54, 1.807) is 24.8 Å². The van der Waals surface area contributed by atoms with Crippen LogP contribution in [0, 0.1) is 32.4 Å². The summed E-state index contributed by atoms with van der Waals surface area (Å²) in [6.07, 6.45) is 9.92. The molecule has 0 unspecified atom stereocenters. The smallest absolute Gasteiger partial charge is 0.145 e. The van der Waals surface area contributed by atoms with Crippen molar-refractivity contribution in [2.24, 2.45) is 0 Å². The maximum Gasteiger partial charge on any atom is 0.145 e. The largest absolute Gasteiger partial charge is 0.477 e. The van der Waals surface area contributed by atoms with Gasteiger partial charge in [0.15, 0.2) is 0 Å². The number of para-hydroxylation sites is 2. The summed E-state index contributed by atoms with van der Waals surface area (Å²) in [5, 5.41) is 0. The van der Waals surface area contributed by atoms with Crippen LogP contribution in [-0.4, -0.2) is 38.7 Å². The van der Waals surface area contributed by atoms with Crippen molar-refractivity contribution in [1.82, 2.24) is 19.9 Å². The average Bonchev–Trinajstić information content (AvgIpc) is 3.93. The van der Waals surface area contributed by atoms with Crippen LogP contribution < -0.4 is 25.1 Å². The molecule has 14 heteroatoms. The van der Waals surface area contributed by atoms with E-state index in [2.05, 4.69) is 146 Å². The summed E-state index contributed by atoms with van der Waals surface area (Å²) < 4.78 is 0.998. The number of hydrogen-bond acceptors (Lipinski definition) is 8. The van der Waals surface area contributed by atoms with Gasteiger partial charge in [0.25, 0.3) is 0 Å². The van der Waals surface area contributed by atoms with Crippen molar-refractivity contribution in [3.63, 3.8) is 0 Å². The van der Waals surface area contributed by atoms with Crippen molar-refractivity contribution in [1.29, 1.82) is 0 Å². The second-order valence-corrected chi connectivity index (χ2v) is 15.7. The Morgan fingerprint density at radius 3 is 1.40 bits per heavy atom. The van der Waals surface area contributed by atoms with Crippen molar-refractivity contribution < 1.29 is 51.2 Å². The van der Waals surface area contributed by atoms with Crippen LogP contribution in [0.25, 0.3) is 11.1 Å². The predicted octanol–water partition coefficient (Wildman–Crippen LogP) is 10.6. The van der Waals surface area contributed by atoms with Crippen LogP contribution in [0.4, 0.5) is 46.0 Å². The molecule has 0 aliphatic carbocycles. The first-order chi connectivity index (χ1) is 30.9. The summed E-state index contributed by atoms with van der Waals surface area (Å²) >= 11 is 3.50. The Morgan fingerprint density at radius 1 is 0.522 bits per heavy atom. The number of nitrogens with zero attached hydrogens (tertiary/aromatic N) is 8. The molecule has 0 atom stereocenters. The molecule has 0 amide bonds. The van der Waals surface area contributed by atoms with E-state index in [1.807, 2.05) is 95.9 Å². The molecule has 0 saturated carbocycles. The van der Waals surface area contributed by atoms with Gasteiger partial charge in [0.1, 0.15) is 31.1 Å². The molecule has 67 heavy (non-hydrogen) atoms. The molecule has 2 aromatic heterocycles. The summed E-state index contributed by atoms with van der Waals surface area (Å²) in [5.74, 6) is 3.21. The predicted molar refractivity (Wildman–Crippen MR) is 270 cm³/mol. The monoisotopic (exact) mass is 1310 g/mol. The minimum atomic E-state index is 0. The summed E-state index contributed by atoms with van der Waals surface area (Å²) in [4.78, 5) is 26.3. The van der Waals surface area contributed by atoms with Crippen molar-refractivity contribution in [3.05, 3.63) is 210 Å². The first-order valence-electron chi connectivity index (χ1n) is 21.1. The number of hydrogen-bond donors (Lipinski definition) is 0. The van der Waals surface area contributed by atoms with E-state index in [-0.39, 0.29) is 51.2 Å². The van der Waals surface area contributed by atoms with Gasteiger partial charge in [0, 0.05) is 76.4 Å². The van der Waals surface area contributed by atoms with Crippen LogP contribution in [0.15, 0.2) is 163 Å². The van der Waals surface area contributed by atoms with E-state index in [4.69, 9.17) is 7.85 Å². The van der Waals surface area contributed by atoms with Crippen LogP contribution in [0.3, 0.4) is 0 Å². The minimum absolute atomic E-state index is 0. The number of halogens is 1. The molecule has 0 spiro atoms. The van der Waals surface area contributed by atoms with Crippen LogP contribution in [0.2, 0.25) is 0 Å². The first-order valence-corrected chi connectivity index (χ1v) is 21.9. The van der Waals surface area contributed by atoms with Gasteiger partial charge in [0.05, 0.1) is 0 Å². The number of benzene rings is 6. The molecular weight excluding hydrogens is 1260 g/mol. The fraction of sp³-hybridized carbons (Fsp3) is 0.132. The number of aromatic nitrogens is 4. The maximum absolute atomic E-state index is 5.90. The van der Waals surface area contributed by atoms with Crippen molar-refractivity contribution in [3.8, 4) is 11.1 Å². The van der Waals surface area contributed by atoms with Gasteiger partial charge in [-0.25, -0.2) is 19.9 Å².